The first kappa shape index (κ1) is 19.8. The minimum absolute atomic E-state index is 0.00731. The summed E-state index contributed by atoms with van der Waals surface area (Å²) in [7, 11) is 0. The van der Waals surface area contributed by atoms with Crippen LogP contribution in [0.5, 0.6) is 0 Å². The van der Waals surface area contributed by atoms with Crippen LogP contribution in [0.25, 0.3) is 0 Å². The van der Waals surface area contributed by atoms with Crippen molar-refractivity contribution >= 4 is 17.5 Å². The topological polar surface area (TPSA) is 80.7 Å². The summed E-state index contributed by atoms with van der Waals surface area (Å²) in [4.78, 5) is 36.4. The molecule has 5 heteroatoms. The standard InChI is InChI=1S/C23H32O5/c1-13(25)28-21-11-15(26)10-14-4-5-16-17-6-7-19(20(27)12-24)22(17,2)9-8-18(16)23(14,21)3/h10,16-19,21,24H,4-9,11-12H2,1-3H3/t16-,17-,18-,19+,21?,22-,23-/m0/s1. The molecule has 5 nitrogen and oxygen atoms in total. The van der Waals surface area contributed by atoms with Crippen molar-refractivity contribution in [3.05, 3.63) is 11.6 Å². The molecule has 0 saturated heterocycles. The van der Waals surface area contributed by atoms with Gasteiger partial charge in [-0.25, -0.2) is 0 Å². The first-order valence-corrected chi connectivity index (χ1v) is 10.8. The quantitative estimate of drug-likeness (QED) is 0.751. The lowest BCUT2D eigenvalue weighted by Crippen LogP contribution is -2.56. The van der Waals surface area contributed by atoms with E-state index in [1.54, 1.807) is 0 Å². The number of rotatable bonds is 3. The smallest absolute Gasteiger partial charge is 0.302 e. The van der Waals surface area contributed by atoms with Crippen LogP contribution in [0.3, 0.4) is 0 Å². The first-order chi connectivity index (χ1) is 13.2. The van der Waals surface area contributed by atoms with Gasteiger partial charge in [0.15, 0.2) is 11.6 Å². The molecule has 7 atom stereocenters. The maximum Gasteiger partial charge on any atom is 0.302 e. The third-order valence-electron chi connectivity index (χ3n) is 8.89. The van der Waals surface area contributed by atoms with Gasteiger partial charge in [0.1, 0.15) is 12.7 Å². The zero-order chi connectivity index (χ0) is 20.3. The zero-order valence-electron chi connectivity index (χ0n) is 17.2. The average Bonchev–Trinajstić information content (AvgIpc) is 2.99. The molecule has 1 unspecified atom stereocenters. The fourth-order valence-corrected chi connectivity index (χ4v) is 7.59. The number of Topliss-reactive ketones (excluding diaryl/α,β-unsaturated/α-hetero) is 1. The lowest BCUT2D eigenvalue weighted by atomic mass is 9.46. The monoisotopic (exact) mass is 388 g/mol. The van der Waals surface area contributed by atoms with E-state index in [2.05, 4.69) is 13.8 Å². The maximum atomic E-state index is 12.4. The van der Waals surface area contributed by atoms with Crippen LogP contribution in [0.2, 0.25) is 0 Å². The molecule has 0 amide bonds. The fourth-order valence-electron chi connectivity index (χ4n) is 7.59. The van der Waals surface area contributed by atoms with Crippen LogP contribution < -0.4 is 0 Å². The van der Waals surface area contributed by atoms with Crippen molar-refractivity contribution in [2.75, 3.05) is 6.61 Å². The Bertz CT molecular complexity index is 739. The highest BCUT2D eigenvalue weighted by Gasteiger charge is 2.62. The highest BCUT2D eigenvalue weighted by molar-refractivity contribution is 5.92. The third kappa shape index (κ3) is 2.72. The van der Waals surface area contributed by atoms with Crippen LogP contribution in [0.15, 0.2) is 11.6 Å². The van der Waals surface area contributed by atoms with Gasteiger partial charge in [0, 0.05) is 24.7 Å². The Morgan fingerprint density at radius 3 is 2.61 bits per heavy atom. The van der Waals surface area contributed by atoms with Crippen LogP contribution in [-0.2, 0) is 19.1 Å². The summed E-state index contributed by atoms with van der Waals surface area (Å²) in [6.45, 7) is 5.51. The molecule has 0 bridgehead atoms. The van der Waals surface area contributed by atoms with Crippen LogP contribution in [0, 0.1) is 34.5 Å². The van der Waals surface area contributed by atoms with Crippen LogP contribution in [0.4, 0.5) is 0 Å². The number of ether oxygens (including phenoxy) is 1. The van der Waals surface area contributed by atoms with E-state index in [1.165, 1.54) is 6.92 Å². The summed E-state index contributed by atoms with van der Waals surface area (Å²) in [5, 5.41) is 9.43. The van der Waals surface area contributed by atoms with E-state index in [-0.39, 0.29) is 53.4 Å². The summed E-state index contributed by atoms with van der Waals surface area (Å²) in [6, 6.07) is 0. The van der Waals surface area contributed by atoms with Gasteiger partial charge in [-0.1, -0.05) is 19.4 Å². The SMILES string of the molecule is CC(=O)OC1CC(=O)C=C2CC[C@H]3[C@@H]4CC[C@H](C(=O)CO)[C@@]4(C)CC[C@@H]3[C@]21C. The number of aliphatic hydroxyl groups excluding tert-OH is 1. The zero-order valence-corrected chi connectivity index (χ0v) is 17.2. The van der Waals surface area contributed by atoms with E-state index in [9.17, 15) is 19.5 Å². The fraction of sp³-hybridized carbons (Fsp3) is 0.783. The summed E-state index contributed by atoms with van der Waals surface area (Å²) >= 11 is 0. The summed E-state index contributed by atoms with van der Waals surface area (Å²) < 4.78 is 5.71. The third-order valence-corrected chi connectivity index (χ3v) is 8.89. The van der Waals surface area contributed by atoms with Crippen molar-refractivity contribution in [3.8, 4) is 0 Å². The minimum Gasteiger partial charge on any atom is -0.461 e. The van der Waals surface area contributed by atoms with Crippen LogP contribution in [-0.4, -0.2) is 35.4 Å². The highest BCUT2D eigenvalue weighted by atomic mass is 16.5. The second-order valence-corrected chi connectivity index (χ2v) is 9.94. The van der Waals surface area contributed by atoms with Gasteiger partial charge in [0.25, 0.3) is 0 Å². The van der Waals surface area contributed by atoms with Gasteiger partial charge in [0.05, 0.1) is 0 Å². The van der Waals surface area contributed by atoms with Gasteiger partial charge in [-0.15, -0.1) is 0 Å². The van der Waals surface area contributed by atoms with Crippen molar-refractivity contribution in [2.45, 2.75) is 71.8 Å². The average molecular weight is 389 g/mol. The molecule has 0 aromatic rings. The molecule has 4 rings (SSSR count). The van der Waals surface area contributed by atoms with Gasteiger partial charge >= 0.3 is 5.97 Å². The van der Waals surface area contributed by atoms with Gasteiger partial charge in [-0.3, -0.25) is 14.4 Å². The van der Waals surface area contributed by atoms with Gasteiger partial charge < -0.3 is 9.84 Å². The largest absolute Gasteiger partial charge is 0.461 e. The van der Waals surface area contributed by atoms with E-state index < -0.39 is 0 Å². The van der Waals surface area contributed by atoms with E-state index >= 15 is 0 Å². The second-order valence-electron chi connectivity index (χ2n) is 9.94. The molecule has 0 heterocycles. The molecule has 154 valence electrons. The van der Waals surface area contributed by atoms with E-state index in [0.29, 0.717) is 17.8 Å². The molecule has 28 heavy (non-hydrogen) atoms. The number of hydrogen-bond donors (Lipinski definition) is 1. The molecule has 1 N–H and O–H groups in total. The summed E-state index contributed by atoms with van der Waals surface area (Å²) in [5.74, 6) is 0.998. The Hall–Kier alpha value is -1.49. The van der Waals surface area contributed by atoms with E-state index in [0.717, 1.165) is 44.1 Å². The molecule has 0 spiro atoms. The molecule has 0 aromatic heterocycles. The number of aliphatic hydroxyl groups is 1. The predicted octanol–water partition coefficient (Wildman–Crippen LogP) is 3.24. The molecule has 0 radical (unpaired) electrons. The minimum atomic E-state index is -0.383. The maximum absolute atomic E-state index is 12.4. The van der Waals surface area contributed by atoms with Crippen molar-refractivity contribution in [1.82, 2.24) is 0 Å². The molecular formula is C23H32O5. The number of carbonyl (C=O) groups excluding carboxylic acids is 3. The number of esters is 1. The molecule has 3 fully saturated rings. The molecule has 0 aromatic carbocycles. The van der Waals surface area contributed by atoms with E-state index in [4.69, 9.17) is 4.74 Å². The highest BCUT2D eigenvalue weighted by Crippen LogP contribution is 2.66. The van der Waals surface area contributed by atoms with E-state index in [1.807, 2.05) is 6.08 Å². The molecular weight excluding hydrogens is 356 g/mol. The lowest BCUT2D eigenvalue weighted by molar-refractivity contribution is -0.164. The Kier molecular flexibility index (Phi) is 4.80. The van der Waals surface area contributed by atoms with Gasteiger partial charge in [-0.05, 0) is 67.8 Å². The Morgan fingerprint density at radius 2 is 1.93 bits per heavy atom. The Balaban J connectivity index is 1.68. The number of ketones is 2. The summed E-state index contributed by atoms with van der Waals surface area (Å²) in [6.07, 6.45) is 7.44. The molecule has 0 aliphatic heterocycles. The molecule has 4 aliphatic rings. The normalized spacial score (nSPS) is 44.8. The molecule has 3 saturated carbocycles. The van der Waals surface area contributed by atoms with Crippen LogP contribution in [0.1, 0.15) is 65.7 Å². The van der Waals surface area contributed by atoms with Crippen molar-refractivity contribution in [2.24, 2.45) is 34.5 Å². The van der Waals surface area contributed by atoms with Crippen LogP contribution >= 0.6 is 0 Å². The lowest BCUT2D eigenvalue weighted by Gasteiger charge is -2.59. The molecule has 4 aliphatic carbocycles. The van der Waals surface area contributed by atoms with Crippen molar-refractivity contribution in [3.63, 3.8) is 0 Å². The van der Waals surface area contributed by atoms with Crippen molar-refractivity contribution in [1.29, 1.82) is 0 Å². The van der Waals surface area contributed by atoms with Gasteiger partial charge in [-0.2, -0.15) is 0 Å². The Morgan fingerprint density at radius 1 is 1.18 bits per heavy atom. The number of hydrogen-bond acceptors (Lipinski definition) is 5. The predicted molar refractivity (Wildman–Crippen MR) is 103 cm³/mol. The number of fused-ring (bicyclic) bond motifs is 5. The van der Waals surface area contributed by atoms with Crippen molar-refractivity contribution < 1.29 is 24.2 Å². The summed E-state index contributed by atoms with van der Waals surface area (Å²) in [5.41, 5.74) is 0.823. The Labute approximate surface area is 166 Å². The second kappa shape index (κ2) is 6.79. The van der Waals surface area contributed by atoms with Gasteiger partial charge in [0.2, 0.25) is 0 Å². The number of carbonyl (C=O) groups is 3. The first-order valence-electron chi connectivity index (χ1n) is 10.8.